The fraction of sp³-hybridized carbons (Fsp3) is 0. The minimum Gasteiger partial charge on any atom is -0.477 e. The second kappa shape index (κ2) is 3.91. The van der Waals surface area contributed by atoms with Crippen molar-refractivity contribution in [3.05, 3.63) is 23.8 Å². The number of nitrogens with zero attached hydrogens (tertiary/aromatic N) is 2. The summed E-state index contributed by atoms with van der Waals surface area (Å²) in [6.45, 7) is 0. The Morgan fingerprint density at radius 2 is 2.00 bits per heavy atom. The van der Waals surface area contributed by atoms with Crippen molar-refractivity contribution < 1.29 is 18.7 Å². The molecule has 1 heterocycles. The van der Waals surface area contributed by atoms with Crippen LogP contribution in [0.2, 0.25) is 0 Å². The zero-order valence-corrected chi connectivity index (χ0v) is 6.31. The van der Waals surface area contributed by atoms with Gasteiger partial charge in [0, 0.05) is 6.07 Å². The van der Waals surface area contributed by atoms with Gasteiger partial charge in [-0.15, -0.1) is 12.4 Å². The maximum atomic E-state index is 12.1. The highest BCUT2D eigenvalue weighted by molar-refractivity contribution is 5.85. The van der Waals surface area contributed by atoms with Crippen LogP contribution in [0.15, 0.2) is 6.07 Å². The second-order valence-electron chi connectivity index (χ2n) is 1.65. The Hall–Kier alpha value is -1.30. The topological polar surface area (TPSA) is 63.1 Å². The lowest BCUT2D eigenvalue weighted by atomic mass is 10.4. The molecule has 0 aliphatic rings. The predicted molar refractivity (Wildman–Crippen MR) is 36.2 cm³/mol. The van der Waals surface area contributed by atoms with E-state index in [0.29, 0.717) is 6.07 Å². The van der Waals surface area contributed by atoms with Crippen LogP contribution in [0.25, 0.3) is 0 Å². The molecule has 1 aromatic heterocycles. The lowest BCUT2D eigenvalue weighted by Crippen LogP contribution is -2.05. The van der Waals surface area contributed by atoms with E-state index in [4.69, 9.17) is 5.11 Å². The molecular weight excluding hydrogens is 194 g/mol. The summed E-state index contributed by atoms with van der Waals surface area (Å²) in [7, 11) is 0. The molecule has 0 fully saturated rings. The van der Waals surface area contributed by atoms with E-state index in [9.17, 15) is 13.6 Å². The van der Waals surface area contributed by atoms with Crippen molar-refractivity contribution in [1.82, 2.24) is 9.97 Å². The van der Waals surface area contributed by atoms with E-state index in [1.807, 2.05) is 0 Å². The molecule has 0 spiro atoms. The molecule has 0 radical (unpaired) electrons. The highest BCUT2D eigenvalue weighted by Gasteiger charge is 2.08. The van der Waals surface area contributed by atoms with Crippen molar-refractivity contribution in [2.45, 2.75) is 0 Å². The van der Waals surface area contributed by atoms with E-state index in [1.165, 1.54) is 0 Å². The Bertz CT molecular complexity index is 287. The van der Waals surface area contributed by atoms with Crippen LogP contribution in [0.5, 0.6) is 0 Å². The van der Waals surface area contributed by atoms with E-state index in [1.54, 1.807) is 0 Å². The second-order valence-corrected chi connectivity index (χ2v) is 1.65. The Morgan fingerprint density at radius 3 is 2.42 bits per heavy atom. The van der Waals surface area contributed by atoms with Crippen LogP contribution in [-0.4, -0.2) is 21.0 Å². The van der Waals surface area contributed by atoms with Crippen molar-refractivity contribution in [1.29, 1.82) is 0 Å². The normalized spacial score (nSPS) is 8.83. The largest absolute Gasteiger partial charge is 0.477 e. The van der Waals surface area contributed by atoms with Crippen LogP contribution in [0.4, 0.5) is 8.78 Å². The first kappa shape index (κ1) is 10.7. The number of carboxylic acid groups (broad SMARTS) is 1. The zero-order valence-electron chi connectivity index (χ0n) is 5.49. The summed E-state index contributed by atoms with van der Waals surface area (Å²) in [5.74, 6) is -2.69. The number of carbonyl (C=O) groups is 1. The Labute approximate surface area is 71.7 Å². The lowest BCUT2D eigenvalue weighted by Gasteiger charge is -1.91. The third-order valence-corrected chi connectivity index (χ3v) is 0.887. The standard InChI is InChI=1S/C5H2F2N2O2.ClH/c6-3-1-2(4(10)11)8-5(7)9-3;/h1H,(H,10,11);1H. The van der Waals surface area contributed by atoms with Gasteiger partial charge in [0.1, 0.15) is 0 Å². The molecule has 0 aromatic carbocycles. The molecule has 0 amide bonds. The van der Waals surface area contributed by atoms with Crippen LogP contribution in [-0.2, 0) is 0 Å². The summed E-state index contributed by atoms with van der Waals surface area (Å²) in [6, 6.07) is 0.533. The number of halogens is 3. The molecule has 1 N–H and O–H groups in total. The summed E-state index contributed by atoms with van der Waals surface area (Å²) in [4.78, 5) is 15.5. The molecule has 0 unspecified atom stereocenters. The van der Waals surface area contributed by atoms with Gasteiger partial charge in [0.25, 0.3) is 0 Å². The molecular formula is C5H3ClF2N2O2. The number of carboxylic acids is 1. The average molecular weight is 197 g/mol. The number of hydrogen-bond acceptors (Lipinski definition) is 3. The van der Waals surface area contributed by atoms with E-state index in [2.05, 4.69) is 9.97 Å². The molecule has 0 aliphatic carbocycles. The zero-order chi connectivity index (χ0) is 8.43. The molecule has 0 bridgehead atoms. The Morgan fingerprint density at radius 1 is 1.42 bits per heavy atom. The van der Waals surface area contributed by atoms with Gasteiger partial charge in [0.05, 0.1) is 0 Å². The van der Waals surface area contributed by atoms with Crippen LogP contribution >= 0.6 is 12.4 Å². The molecule has 66 valence electrons. The summed E-state index contributed by atoms with van der Waals surface area (Å²) < 4.78 is 24.2. The summed E-state index contributed by atoms with van der Waals surface area (Å²) in [5.41, 5.74) is -0.699. The van der Waals surface area contributed by atoms with Gasteiger partial charge < -0.3 is 5.11 Å². The fourth-order valence-corrected chi connectivity index (χ4v) is 0.499. The van der Waals surface area contributed by atoms with Crippen LogP contribution in [0, 0.1) is 12.0 Å². The molecule has 7 heteroatoms. The number of aromatic carboxylic acids is 1. The summed E-state index contributed by atoms with van der Waals surface area (Å²) in [5, 5.41) is 8.21. The van der Waals surface area contributed by atoms with Crippen molar-refractivity contribution in [3.63, 3.8) is 0 Å². The van der Waals surface area contributed by atoms with Crippen LogP contribution in [0.1, 0.15) is 10.5 Å². The number of hydrogen-bond donors (Lipinski definition) is 1. The maximum absolute atomic E-state index is 12.1. The van der Waals surface area contributed by atoms with Crippen molar-refractivity contribution in [2.24, 2.45) is 0 Å². The molecule has 12 heavy (non-hydrogen) atoms. The third-order valence-electron chi connectivity index (χ3n) is 0.887. The van der Waals surface area contributed by atoms with Crippen molar-refractivity contribution in [2.75, 3.05) is 0 Å². The van der Waals surface area contributed by atoms with E-state index < -0.39 is 23.7 Å². The maximum Gasteiger partial charge on any atom is 0.354 e. The molecule has 0 atom stereocenters. The highest BCUT2D eigenvalue weighted by atomic mass is 35.5. The molecule has 1 rings (SSSR count). The van der Waals surface area contributed by atoms with Crippen molar-refractivity contribution >= 4 is 18.4 Å². The lowest BCUT2D eigenvalue weighted by molar-refractivity contribution is 0.0687. The number of aromatic nitrogens is 2. The monoisotopic (exact) mass is 196 g/mol. The average Bonchev–Trinajstić information content (AvgIpc) is 1.85. The Kier molecular flexibility index (Phi) is 3.49. The molecule has 1 aromatic rings. The van der Waals surface area contributed by atoms with Gasteiger partial charge in [-0.25, -0.2) is 4.79 Å². The van der Waals surface area contributed by atoms with Crippen LogP contribution < -0.4 is 0 Å². The van der Waals surface area contributed by atoms with Crippen molar-refractivity contribution in [3.8, 4) is 0 Å². The highest BCUT2D eigenvalue weighted by Crippen LogP contribution is 1.98. The minimum atomic E-state index is -1.50. The van der Waals surface area contributed by atoms with Crippen LogP contribution in [0.3, 0.4) is 0 Å². The molecule has 0 saturated heterocycles. The third kappa shape index (κ3) is 2.39. The van der Waals surface area contributed by atoms with E-state index >= 15 is 0 Å². The Balaban J connectivity index is 0.00000121. The summed E-state index contributed by atoms with van der Waals surface area (Å²) >= 11 is 0. The minimum absolute atomic E-state index is 0. The first-order valence-corrected chi connectivity index (χ1v) is 2.53. The van der Waals surface area contributed by atoms with Gasteiger partial charge in [0.2, 0.25) is 5.95 Å². The van der Waals surface area contributed by atoms with E-state index in [0.717, 1.165) is 0 Å². The number of rotatable bonds is 1. The molecule has 0 aliphatic heterocycles. The fourth-order valence-electron chi connectivity index (χ4n) is 0.499. The smallest absolute Gasteiger partial charge is 0.354 e. The first-order chi connectivity index (χ1) is 5.09. The van der Waals surface area contributed by atoms with Gasteiger partial charge >= 0.3 is 12.0 Å². The van der Waals surface area contributed by atoms with Gasteiger partial charge in [-0.1, -0.05) is 0 Å². The van der Waals surface area contributed by atoms with E-state index in [-0.39, 0.29) is 12.4 Å². The van der Waals surface area contributed by atoms with Gasteiger partial charge in [-0.3, -0.25) is 0 Å². The first-order valence-electron chi connectivity index (χ1n) is 2.53. The SMILES string of the molecule is Cl.O=C(O)c1cc(F)nc(F)n1. The summed E-state index contributed by atoms with van der Waals surface area (Å²) in [6.07, 6.45) is -1.39. The molecule has 0 saturated carbocycles. The molecule has 4 nitrogen and oxygen atoms in total. The predicted octanol–water partition coefficient (Wildman–Crippen LogP) is 0.875. The van der Waals surface area contributed by atoms with Gasteiger partial charge in [-0.05, 0) is 0 Å². The van der Waals surface area contributed by atoms with Gasteiger partial charge in [-0.2, -0.15) is 18.7 Å². The van der Waals surface area contributed by atoms with Gasteiger partial charge in [0.15, 0.2) is 5.69 Å². The quantitative estimate of drug-likeness (QED) is 0.535.